The Morgan fingerprint density at radius 1 is 0.818 bits per heavy atom. The number of para-hydroxylation sites is 1. The summed E-state index contributed by atoms with van der Waals surface area (Å²) in [6.45, 7) is 2.02. The van der Waals surface area contributed by atoms with E-state index in [2.05, 4.69) is 30.8 Å². The van der Waals surface area contributed by atoms with Gasteiger partial charge in [0.05, 0.1) is 16.3 Å². The normalized spacial score (nSPS) is 10.8. The minimum atomic E-state index is -0.498. The first-order valence-electron chi connectivity index (χ1n) is 10.3. The average molecular weight is 439 g/mol. The molecule has 0 aliphatic heterocycles. The summed E-state index contributed by atoms with van der Waals surface area (Å²) in [5.41, 5.74) is 3.58. The van der Waals surface area contributed by atoms with Crippen LogP contribution < -0.4 is 10.6 Å². The summed E-state index contributed by atoms with van der Waals surface area (Å²) in [5, 5.41) is 26.3. The molecule has 164 valence electrons. The lowest BCUT2D eigenvalue weighted by molar-refractivity contribution is -0.383. The molecule has 0 fully saturated rings. The van der Waals surface area contributed by atoms with Crippen LogP contribution in [0.2, 0.25) is 0 Å². The van der Waals surface area contributed by atoms with Gasteiger partial charge >= 0.3 is 5.69 Å². The molecular weight excluding hydrogens is 418 g/mol. The SMILES string of the molecule is CCc1ccccc1Nc1ncnc(Nc2ccc(N=Nc3ccccc3)cc2)c1[N+](=O)[O-]. The second-order valence-corrected chi connectivity index (χ2v) is 7.02. The predicted molar refractivity (Wildman–Crippen MR) is 128 cm³/mol. The Morgan fingerprint density at radius 3 is 2.09 bits per heavy atom. The summed E-state index contributed by atoms with van der Waals surface area (Å²) in [6, 6.07) is 24.1. The Labute approximate surface area is 190 Å². The molecule has 1 heterocycles. The number of rotatable bonds is 8. The summed E-state index contributed by atoms with van der Waals surface area (Å²) in [4.78, 5) is 19.6. The highest BCUT2D eigenvalue weighted by atomic mass is 16.6. The van der Waals surface area contributed by atoms with Crippen molar-refractivity contribution in [1.82, 2.24) is 9.97 Å². The summed E-state index contributed by atoms with van der Waals surface area (Å²) < 4.78 is 0. The van der Waals surface area contributed by atoms with Gasteiger partial charge in [0.2, 0.25) is 11.6 Å². The molecule has 0 radical (unpaired) electrons. The second-order valence-electron chi connectivity index (χ2n) is 7.02. The van der Waals surface area contributed by atoms with E-state index >= 15 is 0 Å². The number of hydrogen-bond donors (Lipinski definition) is 2. The first-order valence-corrected chi connectivity index (χ1v) is 10.3. The molecule has 33 heavy (non-hydrogen) atoms. The minimum absolute atomic E-state index is 0.0881. The number of azo groups is 1. The monoisotopic (exact) mass is 439 g/mol. The standard InChI is InChI=1S/C24H21N7O2/c1-2-17-8-6-7-11-21(17)28-24-22(31(32)33)23(25-16-26-24)27-18-12-14-20(15-13-18)30-29-19-9-4-3-5-10-19/h3-16H,2H2,1H3,(H2,25,26,27,28). The van der Waals surface area contributed by atoms with E-state index in [1.165, 1.54) is 6.33 Å². The Bertz CT molecular complexity index is 1280. The zero-order valence-electron chi connectivity index (χ0n) is 17.8. The van der Waals surface area contributed by atoms with Crippen molar-refractivity contribution in [2.45, 2.75) is 13.3 Å². The van der Waals surface area contributed by atoms with Crippen molar-refractivity contribution in [3.05, 3.63) is 101 Å². The molecule has 0 bridgehead atoms. The molecular formula is C24H21N7O2. The van der Waals surface area contributed by atoms with Crippen LogP contribution >= 0.6 is 0 Å². The first-order chi connectivity index (χ1) is 16.1. The van der Waals surface area contributed by atoms with E-state index in [-0.39, 0.29) is 17.3 Å². The number of benzene rings is 3. The summed E-state index contributed by atoms with van der Waals surface area (Å²) >= 11 is 0. The molecule has 9 heteroatoms. The number of aromatic nitrogens is 2. The zero-order chi connectivity index (χ0) is 23.0. The average Bonchev–Trinajstić information content (AvgIpc) is 2.84. The van der Waals surface area contributed by atoms with E-state index in [9.17, 15) is 10.1 Å². The van der Waals surface area contributed by atoms with Crippen LogP contribution in [0.15, 0.2) is 95.4 Å². The fourth-order valence-electron chi connectivity index (χ4n) is 3.17. The van der Waals surface area contributed by atoms with Crippen molar-refractivity contribution >= 4 is 40.1 Å². The molecule has 0 saturated heterocycles. The summed E-state index contributed by atoms with van der Waals surface area (Å²) in [6.07, 6.45) is 2.07. The maximum Gasteiger partial charge on any atom is 0.353 e. The van der Waals surface area contributed by atoms with Gasteiger partial charge in [0, 0.05) is 11.4 Å². The van der Waals surface area contributed by atoms with Crippen LogP contribution in [0.25, 0.3) is 0 Å². The van der Waals surface area contributed by atoms with E-state index in [4.69, 9.17) is 0 Å². The van der Waals surface area contributed by atoms with Crippen LogP contribution in [0.4, 0.5) is 40.1 Å². The van der Waals surface area contributed by atoms with Gasteiger partial charge in [-0.25, -0.2) is 9.97 Å². The van der Waals surface area contributed by atoms with Crippen LogP contribution in [0, 0.1) is 10.1 Å². The number of nitrogens with one attached hydrogen (secondary N) is 2. The lowest BCUT2D eigenvalue weighted by atomic mass is 10.1. The van der Waals surface area contributed by atoms with Gasteiger partial charge in [-0.1, -0.05) is 43.3 Å². The second kappa shape index (κ2) is 10.1. The van der Waals surface area contributed by atoms with Gasteiger partial charge in [0.1, 0.15) is 6.33 Å². The van der Waals surface area contributed by atoms with Crippen molar-refractivity contribution in [2.24, 2.45) is 10.2 Å². The molecule has 1 aromatic heterocycles. The number of anilines is 4. The fraction of sp³-hybridized carbons (Fsp3) is 0.0833. The Balaban J connectivity index is 1.56. The number of nitrogens with zero attached hydrogens (tertiary/aromatic N) is 5. The maximum atomic E-state index is 11.9. The predicted octanol–water partition coefficient (Wildman–Crippen LogP) is 6.85. The maximum absolute atomic E-state index is 11.9. The van der Waals surface area contributed by atoms with Gasteiger partial charge in [-0.2, -0.15) is 10.2 Å². The first kappa shape index (κ1) is 21.6. The molecule has 0 unspecified atom stereocenters. The molecule has 0 saturated carbocycles. The van der Waals surface area contributed by atoms with Crippen molar-refractivity contribution in [3.8, 4) is 0 Å². The van der Waals surface area contributed by atoms with E-state index in [0.29, 0.717) is 11.4 Å². The van der Waals surface area contributed by atoms with Crippen LogP contribution in [0.3, 0.4) is 0 Å². The molecule has 0 aliphatic rings. The molecule has 0 aliphatic carbocycles. The van der Waals surface area contributed by atoms with Crippen molar-refractivity contribution in [1.29, 1.82) is 0 Å². The number of hydrogen-bond acceptors (Lipinski definition) is 8. The Morgan fingerprint density at radius 2 is 1.42 bits per heavy atom. The Kier molecular flexibility index (Phi) is 6.60. The highest BCUT2D eigenvalue weighted by Gasteiger charge is 2.23. The quantitative estimate of drug-likeness (QED) is 0.176. The van der Waals surface area contributed by atoms with Crippen molar-refractivity contribution < 1.29 is 4.92 Å². The molecule has 0 atom stereocenters. The van der Waals surface area contributed by atoms with Gasteiger partial charge in [-0.15, -0.1) is 0 Å². The molecule has 0 amide bonds. The number of aryl methyl sites for hydroxylation is 1. The molecule has 4 rings (SSSR count). The van der Waals surface area contributed by atoms with Crippen LogP contribution in [0.1, 0.15) is 12.5 Å². The van der Waals surface area contributed by atoms with E-state index in [1.54, 1.807) is 24.3 Å². The van der Waals surface area contributed by atoms with Crippen molar-refractivity contribution in [2.75, 3.05) is 10.6 Å². The highest BCUT2D eigenvalue weighted by molar-refractivity contribution is 5.77. The smallest absolute Gasteiger partial charge is 0.334 e. The highest BCUT2D eigenvalue weighted by Crippen LogP contribution is 2.34. The third-order valence-corrected chi connectivity index (χ3v) is 4.82. The molecule has 9 nitrogen and oxygen atoms in total. The van der Waals surface area contributed by atoms with Gasteiger partial charge in [-0.3, -0.25) is 10.1 Å². The van der Waals surface area contributed by atoms with Gasteiger partial charge in [0.15, 0.2) is 0 Å². The molecule has 2 N–H and O–H groups in total. The van der Waals surface area contributed by atoms with E-state index in [1.807, 2.05) is 61.5 Å². The van der Waals surface area contributed by atoms with Gasteiger partial charge in [-0.05, 0) is 54.4 Å². The number of nitro groups is 1. The van der Waals surface area contributed by atoms with Crippen LogP contribution in [-0.2, 0) is 6.42 Å². The lowest BCUT2D eigenvalue weighted by Gasteiger charge is -2.12. The van der Waals surface area contributed by atoms with Gasteiger partial charge in [0.25, 0.3) is 0 Å². The zero-order valence-corrected chi connectivity index (χ0v) is 17.8. The largest absolute Gasteiger partial charge is 0.353 e. The van der Waals surface area contributed by atoms with Crippen LogP contribution in [-0.4, -0.2) is 14.9 Å². The van der Waals surface area contributed by atoms with Gasteiger partial charge < -0.3 is 10.6 Å². The van der Waals surface area contributed by atoms with E-state index in [0.717, 1.165) is 23.4 Å². The fourth-order valence-corrected chi connectivity index (χ4v) is 3.17. The molecule has 0 spiro atoms. The summed E-state index contributed by atoms with van der Waals surface area (Å²) in [7, 11) is 0. The molecule has 3 aromatic carbocycles. The third kappa shape index (κ3) is 5.34. The minimum Gasteiger partial charge on any atom is -0.334 e. The summed E-state index contributed by atoms with van der Waals surface area (Å²) in [5.74, 6) is 0.205. The third-order valence-electron chi connectivity index (χ3n) is 4.82. The topological polar surface area (TPSA) is 118 Å². The van der Waals surface area contributed by atoms with Crippen molar-refractivity contribution in [3.63, 3.8) is 0 Å². The Hall–Kier alpha value is -4.66. The lowest BCUT2D eigenvalue weighted by Crippen LogP contribution is -2.06. The van der Waals surface area contributed by atoms with E-state index < -0.39 is 4.92 Å². The van der Waals surface area contributed by atoms with Crippen LogP contribution in [0.5, 0.6) is 0 Å². The molecule has 4 aromatic rings.